The summed E-state index contributed by atoms with van der Waals surface area (Å²) in [6.07, 6.45) is 2.60. The van der Waals surface area contributed by atoms with E-state index in [1.54, 1.807) is 0 Å². The van der Waals surface area contributed by atoms with Crippen molar-refractivity contribution in [1.82, 2.24) is 10.3 Å². The minimum absolute atomic E-state index is 0.674. The van der Waals surface area contributed by atoms with Crippen molar-refractivity contribution in [1.29, 1.82) is 0 Å². The molecule has 1 saturated heterocycles. The van der Waals surface area contributed by atoms with Crippen molar-refractivity contribution in [2.45, 2.75) is 33.2 Å². The summed E-state index contributed by atoms with van der Waals surface area (Å²) in [5, 5.41) is 3.48. The third-order valence-corrected chi connectivity index (χ3v) is 3.65. The van der Waals surface area contributed by atoms with Gasteiger partial charge in [0, 0.05) is 19.6 Å². The second-order valence-corrected chi connectivity index (χ2v) is 6.13. The summed E-state index contributed by atoms with van der Waals surface area (Å²) in [5.41, 5.74) is 2.46. The van der Waals surface area contributed by atoms with Crippen molar-refractivity contribution in [2.24, 2.45) is 5.92 Å². The van der Waals surface area contributed by atoms with Crippen molar-refractivity contribution >= 4 is 21.6 Å². The second-order valence-electron chi connectivity index (χ2n) is 5.32. The van der Waals surface area contributed by atoms with Gasteiger partial charge in [-0.3, -0.25) is 0 Å². The maximum absolute atomic E-state index is 4.63. The predicted molar refractivity (Wildman–Crippen MR) is 79.9 cm³/mol. The van der Waals surface area contributed by atoms with Crippen LogP contribution >= 0.6 is 15.9 Å². The number of anilines is 1. The molecule has 1 aliphatic rings. The van der Waals surface area contributed by atoms with Crippen molar-refractivity contribution in [3.05, 3.63) is 22.4 Å². The van der Waals surface area contributed by atoms with Crippen LogP contribution in [0.4, 0.5) is 5.69 Å². The van der Waals surface area contributed by atoms with Gasteiger partial charge in [0.15, 0.2) is 0 Å². The molecule has 1 fully saturated rings. The molecule has 1 aliphatic heterocycles. The number of pyridine rings is 1. The predicted octanol–water partition coefficient (Wildman–Crippen LogP) is 3.19. The van der Waals surface area contributed by atoms with Gasteiger partial charge in [-0.15, -0.1) is 0 Å². The molecule has 0 aromatic carbocycles. The molecule has 0 unspecified atom stereocenters. The minimum Gasteiger partial charge on any atom is -0.370 e. The first-order valence-corrected chi connectivity index (χ1v) is 7.57. The molecule has 2 rings (SSSR count). The first kappa shape index (κ1) is 13.8. The van der Waals surface area contributed by atoms with Crippen LogP contribution in [-0.4, -0.2) is 24.6 Å². The highest BCUT2D eigenvalue weighted by Gasteiger charge is 2.16. The van der Waals surface area contributed by atoms with Gasteiger partial charge in [0.1, 0.15) is 4.60 Å². The van der Waals surface area contributed by atoms with Gasteiger partial charge in [-0.05, 0) is 53.4 Å². The molecule has 3 nitrogen and oxygen atoms in total. The summed E-state index contributed by atoms with van der Waals surface area (Å²) in [5.74, 6) is 0.674. The van der Waals surface area contributed by atoms with E-state index in [9.17, 15) is 0 Å². The Morgan fingerprint density at radius 1 is 1.33 bits per heavy atom. The SMILES string of the molecule is CC(C)CNCc1nc(Br)ccc1N1CCCC1. The molecule has 0 radical (unpaired) electrons. The Morgan fingerprint density at radius 3 is 2.72 bits per heavy atom. The Labute approximate surface area is 118 Å². The van der Waals surface area contributed by atoms with Crippen molar-refractivity contribution in [3.63, 3.8) is 0 Å². The van der Waals surface area contributed by atoms with Gasteiger partial charge in [-0.2, -0.15) is 0 Å². The zero-order valence-corrected chi connectivity index (χ0v) is 12.8. The highest BCUT2D eigenvalue weighted by atomic mass is 79.9. The smallest absolute Gasteiger partial charge is 0.106 e. The zero-order valence-electron chi connectivity index (χ0n) is 11.2. The van der Waals surface area contributed by atoms with Crippen LogP contribution in [0.3, 0.4) is 0 Å². The summed E-state index contributed by atoms with van der Waals surface area (Å²) in [4.78, 5) is 7.08. The number of nitrogens with zero attached hydrogens (tertiary/aromatic N) is 2. The molecular formula is C14H22BrN3. The van der Waals surface area contributed by atoms with E-state index in [1.165, 1.54) is 31.6 Å². The van der Waals surface area contributed by atoms with Crippen LogP contribution in [0.15, 0.2) is 16.7 Å². The molecule has 0 amide bonds. The number of nitrogens with one attached hydrogen (secondary N) is 1. The zero-order chi connectivity index (χ0) is 13.0. The molecule has 100 valence electrons. The first-order valence-electron chi connectivity index (χ1n) is 6.78. The van der Waals surface area contributed by atoms with Crippen molar-refractivity contribution in [2.75, 3.05) is 24.5 Å². The van der Waals surface area contributed by atoms with Crippen LogP contribution in [0.2, 0.25) is 0 Å². The van der Waals surface area contributed by atoms with Gasteiger partial charge in [-0.1, -0.05) is 13.8 Å². The molecule has 0 atom stereocenters. The molecule has 0 bridgehead atoms. The lowest BCUT2D eigenvalue weighted by molar-refractivity contribution is 0.547. The highest BCUT2D eigenvalue weighted by Crippen LogP contribution is 2.25. The second kappa shape index (κ2) is 6.53. The number of halogens is 1. The molecule has 1 aromatic rings. The molecular weight excluding hydrogens is 290 g/mol. The molecule has 0 spiro atoms. The Kier molecular flexibility index (Phi) is 5.01. The fraction of sp³-hybridized carbons (Fsp3) is 0.643. The Hall–Kier alpha value is -0.610. The Balaban J connectivity index is 2.07. The average molecular weight is 312 g/mol. The molecule has 18 heavy (non-hydrogen) atoms. The third kappa shape index (κ3) is 3.69. The number of hydrogen-bond donors (Lipinski definition) is 1. The standard InChI is InChI=1S/C14H22BrN3/c1-11(2)9-16-10-12-13(5-6-14(15)17-12)18-7-3-4-8-18/h5-6,11,16H,3-4,7-10H2,1-2H3. The van der Waals surface area contributed by atoms with E-state index in [0.717, 1.165) is 23.4 Å². The van der Waals surface area contributed by atoms with Crippen molar-refractivity contribution in [3.8, 4) is 0 Å². The lowest BCUT2D eigenvalue weighted by atomic mass is 10.2. The van der Waals surface area contributed by atoms with Crippen LogP contribution in [0, 0.1) is 5.92 Å². The van der Waals surface area contributed by atoms with Crippen LogP contribution in [-0.2, 0) is 6.54 Å². The third-order valence-electron chi connectivity index (χ3n) is 3.21. The maximum atomic E-state index is 4.63. The van der Waals surface area contributed by atoms with Crippen LogP contribution in [0.5, 0.6) is 0 Å². The van der Waals surface area contributed by atoms with Gasteiger partial charge in [0.25, 0.3) is 0 Å². The van der Waals surface area contributed by atoms with Crippen LogP contribution in [0.1, 0.15) is 32.4 Å². The molecule has 2 heterocycles. The summed E-state index contributed by atoms with van der Waals surface area (Å²) in [7, 11) is 0. The Bertz CT molecular complexity index is 387. The largest absolute Gasteiger partial charge is 0.370 e. The molecule has 0 aliphatic carbocycles. The molecule has 1 aromatic heterocycles. The van der Waals surface area contributed by atoms with Crippen molar-refractivity contribution < 1.29 is 0 Å². The monoisotopic (exact) mass is 311 g/mol. The summed E-state index contributed by atoms with van der Waals surface area (Å²) < 4.78 is 0.923. The average Bonchev–Trinajstić information content (AvgIpc) is 2.82. The van der Waals surface area contributed by atoms with E-state index in [0.29, 0.717) is 5.92 Å². The van der Waals surface area contributed by atoms with Gasteiger partial charge in [0.2, 0.25) is 0 Å². The van der Waals surface area contributed by atoms with E-state index in [2.05, 4.69) is 51.0 Å². The normalized spacial score (nSPS) is 15.7. The van der Waals surface area contributed by atoms with E-state index in [1.807, 2.05) is 6.07 Å². The lowest BCUT2D eigenvalue weighted by Crippen LogP contribution is -2.24. The summed E-state index contributed by atoms with van der Waals surface area (Å²) in [6, 6.07) is 4.23. The van der Waals surface area contributed by atoms with E-state index >= 15 is 0 Å². The van der Waals surface area contributed by atoms with Crippen LogP contribution < -0.4 is 10.2 Å². The number of aromatic nitrogens is 1. The number of rotatable bonds is 5. The summed E-state index contributed by atoms with van der Waals surface area (Å²) >= 11 is 3.47. The molecule has 1 N–H and O–H groups in total. The number of hydrogen-bond acceptors (Lipinski definition) is 3. The van der Waals surface area contributed by atoms with E-state index in [-0.39, 0.29) is 0 Å². The van der Waals surface area contributed by atoms with Gasteiger partial charge in [0.05, 0.1) is 11.4 Å². The van der Waals surface area contributed by atoms with Gasteiger partial charge >= 0.3 is 0 Å². The fourth-order valence-electron chi connectivity index (χ4n) is 2.32. The quantitative estimate of drug-likeness (QED) is 0.846. The topological polar surface area (TPSA) is 28.2 Å². The van der Waals surface area contributed by atoms with E-state index < -0.39 is 0 Å². The van der Waals surface area contributed by atoms with E-state index in [4.69, 9.17) is 0 Å². The first-order chi connectivity index (χ1) is 8.66. The summed E-state index contributed by atoms with van der Waals surface area (Å²) in [6.45, 7) is 8.67. The molecule has 4 heteroatoms. The molecule has 0 saturated carbocycles. The van der Waals surface area contributed by atoms with Crippen LogP contribution in [0.25, 0.3) is 0 Å². The maximum Gasteiger partial charge on any atom is 0.106 e. The minimum atomic E-state index is 0.674. The van der Waals surface area contributed by atoms with Gasteiger partial charge in [-0.25, -0.2) is 4.98 Å². The highest BCUT2D eigenvalue weighted by molar-refractivity contribution is 9.10. The Morgan fingerprint density at radius 2 is 2.06 bits per heavy atom. The lowest BCUT2D eigenvalue weighted by Gasteiger charge is -2.21. The van der Waals surface area contributed by atoms with Gasteiger partial charge < -0.3 is 10.2 Å². The fourth-order valence-corrected chi connectivity index (χ4v) is 2.67.